The molecular formula is C17H24BrClN2O2. The Balaban J connectivity index is 1.99. The molecular weight excluding hydrogens is 380 g/mol. The van der Waals surface area contributed by atoms with Gasteiger partial charge in [-0.05, 0) is 58.2 Å². The first-order chi connectivity index (χ1) is 10.8. The number of piperidine rings is 1. The molecule has 0 saturated carbocycles. The molecule has 0 spiro atoms. The number of halogens is 2. The van der Waals surface area contributed by atoms with Crippen molar-refractivity contribution in [2.24, 2.45) is 0 Å². The van der Waals surface area contributed by atoms with Gasteiger partial charge < -0.3 is 15.0 Å². The maximum Gasteiger partial charge on any atom is 0.410 e. The molecule has 1 fully saturated rings. The topological polar surface area (TPSA) is 41.6 Å². The van der Waals surface area contributed by atoms with Crippen LogP contribution in [-0.2, 0) is 4.74 Å². The second-order valence-electron chi connectivity index (χ2n) is 6.83. The molecule has 0 radical (unpaired) electrons. The Morgan fingerprint density at radius 3 is 2.83 bits per heavy atom. The highest BCUT2D eigenvalue weighted by molar-refractivity contribution is 9.10. The smallest absolute Gasteiger partial charge is 0.410 e. The van der Waals surface area contributed by atoms with Crippen molar-refractivity contribution < 1.29 is 9.53 Å². The van der Waals surface area contributed by atoms with E-state index in [9.17, 15) is 4.79 Å². The van der Waals surface area contributed by atoms with E-state index in [4.69, 9.17) is 16.3 Å². The molecule has 0 bridgehead atoms. The lowest BCUT2D eigenvalue weighted by Gasteiger charge is -2.37. The van der Waals surface area contributed by atoms with Crippen molar-refractivity contribution in [2.45, 2.75) is 51.7 Å². The highest BCUT2D eigenvalue weighted by atomic mass is 79.9. The van der Waals surface area contributed by atoms with Gasteiger partial charge in [-0.15, -0.1) is 0 Å². The number of carbonyl (C=O) groups is 1. The van der Waals surface area contributed by atoms with Gasteiger partial charge in [0.25, 0.3) is 0 Å². The third-order valence-electron chi connectivity index (χ3n) is 3.71. The predicted octanol–water partition coefficient (Wildman–Crippen LogP) is 5.30. The van der Waals surface area contributed by atoms with Gasteiger partial charge in [-0.2, -0.15) is 0 Å². The number of anilines is 1. The average Bonchev–Trinajstić information content (AvgIpc) is 2.45. The zero-order chi connectivity index (χ0) is 17.0. The van der Waals surface area contributed by atoms with Gasteiger partial charge in [0.1, 0.15) is 5.60 Å². The summed E-state index contributed by atoms with van der Waals surface area (Å²) in [5, 5.41) is 4.02. The summed E-state index contributed by atoms with van der Waals surface area (Å²) in [6, 6.07) is 5.86. The Morgan fingerprint density at radius 2 is 2.17 bits per heavy atom. The van der Waals surface area contributed by atoms with Gasteiger partial charge in [-0.1, -0.05) is 27.5 Å². The number of hydrogen-bond acceptors (Lipinski definition) is 3. The lowest BCUT2D eigenvalue weighted by molar-refractivity contribution is 0.0114. The van der Waals surface area contributed by atoms with Crippen LogP contribution in [0.25, 0.3) is 0 Å². The van der Waals surface area contributed by atoms with Crippen LogP contribution < -0.4 is 5.32 Å². The summed E-state index contributed by atoms with van der Waals surface area (Å²) in [5.74, 6) is 0. The van der Waals surface area contributed by atoms with Gasteiger partial charge in [0.15, 0.2) is 0 Å². The quantitative estimate of drug-likeness (QED) is 0.744. The number of amides is 1. The molecule has 1 saturated heterocycles. The zero-order valence-electron chi connectivity index (χ0n) is 13.9. The number of carbonyl (C=O) groups excluding carboxylic acids is 1. The van der Waals surface area contributed by atoms with Crippen LogP contribution in [0, 0.1) is 0 Å². The summed E-state index contributed by atoms with van der Waals surface area (Å²) in [4.78, 5) is 14.2. The lowest BCUT2D eigenvalue weighted by Crippen LogP contribution is -2.48. The minimum atomic E-state index is -0.471. The van der Waals surface area contributed by atoms with Gasteiger partial charge in [-0.3, -0.25) is 0 Å². The van der Waals surface area contributed by atoms with Crippen molar-refractivity contribution >= 4 is 39.3 Å². The van der Waals surface area contributed by atoms with Gasteiger partial charge in [0.05, 0.1) is 16.8 Å². The van der Waals surface area contributed by atoms with Crippen LogP contribution >= 0.6 is 27.5 Å². The van der Waals surface area contributed by atoms with E-state index in [1.807, 2.05) is 43.9 Å². The van der Waals surface area contributed by atoms with Crippen LogP contribution in [0.5, 0.6) is 0 Å². The second kappa shape index (κ2) is 7.75. The fourth-order valence-corrected chi connectivity index (χ4v) is 3.37. The maximum absolute atomic E-state index is 12.4. The number of rotatable bonds is 3. The number of hydrogen-bond donors (Lipinski definition) is 1. The van der Waals surface area contributed by atoms with Crippen molar-refractivity contribution in [3.05, 3.63) is 27.7 Å². The molecule has 6 heteroatoms. The third kappa shape index (κ3) is 5.57. The van der Waals surface area contributed by atoms with E-state index in [2.05, 4.69) is 21.2 Å². The minimum Gasteiger partial charge on any atom is -0.444 e. The first-order valence-electron chi connectivity index (χ1n) is 7.95. The zero-order valence-corrected chi connectivity index (χ0v) is 16.2. The summed E-state index contributed by atoms with van der Waals surface area (Å²) in [5.41, 5.74) is 0.409. The standard InChI is InChI=1S/C17H24BrClN2O2/c1-17(2,3)23-16(22)21-9-5-4-6-13(21)11-20-15-8-7-12(18)10-14(15)19/h7-8,10,13,20H,4-6,9,11H2,1-3H3. The molecule has 23 heavy (non-hydrogen) atoms. The number of nitrogens with zero attached hydrogens (tertiary/aromatic N) is 1. The largest absolute Gasteiger partial charge is 0.444 e. The Morgan fingerprint density at radius 1 is 1.43 bits per heavy atom. The highest BCUT2D eigenvalue weighted by Crippen LogP contribution is 2.27. The molecule has 0 aliphatic carbocycles. The molecule has 1 aromatic rings. The van der Waals surface area contributed by atoms with Gasteiger partial charge in [0.2, 0.25) is 0 Å². The molecule has 1 atom stereocenters. The van der Waals surface area contributed by atoms with E-state index < -0.39 is 5.60 Å². The molecule has 4 nitrogen and oxygen atoms in total. The Kier molecular flexibility index (Phi) is 6.20. The average molecular weight is 404 g/mol. The second-order valence-corrected chi connectivity index (χ2v) is 8.15. The number of likely N-dealkylation sites (tertiary alicyclic amines) is 1. The number of ether oxygens (including phenoxy) is 1. The number of nitrogens with one attached hydrogen (secondary N) is 1. The van der Waals surface area contributed by atoms with E-state index in [0.717, 1.165) is 36.0 Å². The van der Waals surface area contributed by atoms with Crippen LogP contribution in [0.15, 0.2) is 22.7 Å². The van der Waals surface area contributed by atoms with Crippen LogP contribution in [-0.4, -0.2) is 35.7 Å². The summed E-state index contributed by atoms with van der Waals surface area (Å²) in [7, 11) is 0. The fraction of sp³-hybridized carbons (Fsp3) is 0.588. The molecule has 1 heterocycles. The molecule has 2 rings (SSSR count). The predicted molar refractivity (Wildman–Crippen MR) is 98.2 cm³/mol. The van der Waals surface area contributed by atoms with E-state index in [-0.39, 0.29) is 12.1 Å². The molecule has 0 aromatic heterocycles. The Bertz CT molecular complexity index is 560. The monoisotopic (exact) mass is 402 g/mol. The van der Waals surface area contributed by atoms with Crippen molar-refractivity contribution in [2.75, 3.05) is 18.4 Å². The highest BCUT2D eigenvalue weighted by Gasteiger charge is 2.30. The van der Waals surface area contributed by atoms with Crippen LogP contribution in [0.2, 0.25) is 5.02 Å². The molecule has 1 aliphatic rings. The normalized spacial score (nSPS) is 18.7. The SMILES string of the molecule is CC(C)(C)OC(=O)N1CCCCC1CNc1ccc(Br)cc1Cl. The molecule has 1 N–H and O–H groups in total. The first-order valence-corrected chi connectivity index (χ1v) is 9.12. The van der Waals surface area contributed by atoms with E-state index in [1.54, 1.807) is 0 Å². The molecule has 1 aliphatic heterocycles. The maximum atomic E-state index is 12.4. The van der Waals surface area contributed by atoms with Gasteiger partial charge >= 0.3 is 6.09 Å². The Labute approximate surface area is 151 Å². The van der Waals surface area contributed by atoms with Crippen molar-refractivity contribution in [1.82, 2.24) is 4.90 Å². The number of benzene rings is 1. The molecule has 1 unspecified atom stereocenters. The van der Waals surface area contributed by atoms with Gasteiger partial charge in [0, 0.05) is 17.6 Å². The van der Waals surface area contributed by atoms with Crippen molar-refractivity contribution in [1.29, 1.82) is 0 Å². The molecule has 1 aromatic carbocycles. The van der Waals surface area contributed by atoms with Crippen molar-refractivity contribution in [3.63, 3.8) is 0 Å². The van der Waals surface area contributed by atoms with Crippen LogP contribution in [0.3, 0.4) is 0 Å². The summed E-state index contributed by atoms with van der Waals surface area (Å²) in [6.07, 6.45) is 2.89. The lowest BCUT2D eigenvalue weighted by atomic mass is 10.0. The van der Waals surface area contributed by atoms with E-state index in [1.165, 1.54) is 0 Å². The van der Waals surface area contributed by atoms with Crippen molar-refractivity contribution in [3.8, 4) is 0 Å². The third-order valence-corrected chi connectivity index (χ3v) is 4.52. The van der Waals surface area contributed by atoms with Gasteiger partial charge in [-0.25, -0.2) is 4.79 Å². The molecule has 128 valence electrons. The summed E-state index contributed by atoms with van der Waals surface area (Å²) >= 11 is 9.63. The van der Waals surface area contributed by atoms with E-state index in [0.29, 0.717) is 11.6 Å². The fourth-order valence-electron chi connectivity index (χ4n) is 2.63. The molecule has 1 amide bonds. The summed E-state index contributed by atoms with van der Waals surface area (Å²) < 4.78 is 6.47. The minimum absolute atomic E-state index is 0.123. The van der Waals surface area contributed by atoms with Crippen LogP contribution in [0.4, 0.5) is 10.5 Å². The van der Waals surface area contributed by atoms with Crippen LogP contribution in [0.1, 0.15) is 40.0 Å². The Hall–Kier alpha value is -0.940. The summed E-state index contributed by atoms with van der Waals surface area (Å²) in [6.45, 7) is 7.09. The first kappa shape index (κ1) is 18.4. The van der Waals surface area contributed by atoms with E-state index >= 15 is 0 Å².